The molecule has 0 atom stereocenters. The number of benzene rings is 1. The summed E-state index contributed by atoms with van der Waals surface area (Å²) in [7, 11) is -2.11. The molecule has 0 unspecified atom stereocenters. The zero-order valence-corrected chi connectivity index (χ0v) is 13.5. The zero-order chi connectivity index (χ0) is 14.8. The molecule has 6 heteroatoms. The average Bonchev–Trinajstić information content (AvgIpc) is 2.79. The third-order valence-corrected chi connectivity index (χ3v) is 4.87. The van der Waals surface area contributed by atoms with E-state index in [9.17, 15) is 8.42 Å². The SMILES string of the molecule is COC=Cc1cc(Br)cn1S(=O)(=O)c1ccc(C)cc1. The first-order valence-electron chi connectivity index (χ1n) is 5.84. The molecule has 0 bridgehead atoms. The normalized spacial score (nSPS) is 11.9. The maximum atomic E-state index is 12.6. The van der Waals surface area contributed by atoms with E-state index in [2.05, 4.69) is 15.9 Å². The van der Waals surface area contributed by atoms with Gasteiger partial charge in [0.2, 0.25) is 0 Å². The molecule has 0 saturated carbocycles. The number of ether oxygens (including phenoxy) is 1. The van der Waals surface area contributed by atoms with Gasteiger partial charge >= 0.3 is 0 Å². The van der Waals surface area contributed by atoms with Crippen molar-refractivity contribution in [2.75, 3.05) is 7.11 Å². The van der Waals surface area contributed by atoms with Crippen LogP contribution in [0.5, 0.6) is 0 Å². The summed E-state index contributed by atoms with van der Waals surface area (Å²) >= 11 is 3.29. The monoisotopic (exact) mass is 355 g/mol. The van der Waals surface area contributed by atoms with Crippen molar-refractivity contribution in [2.45, 2.75) is 11.8 Å². The Morgan fingerprint density at radius 2 is 1.90 bits per heavy atom. The first-order valence-corrected chi connectivity index (χ1v) is 8.08. The number of aryl methyl sites for hydroxylation is 1. The van der Waals surface area contributed by atoms with E-state index < -0.39 is 10.0 Å². The molecule has 0 aliphatic heterocycles. The van der Waals surface area contributed by atoms with Gasteiger partial charge in [-0.05, 0) is 47.1 Å². The smallest absolute Gasteiger partial charge is 0.268 e. The van der Waals surface area contributed by atoms with Crippen molar-refractivity contribution in [3.63, 3.8) is 0 Å². The van der Waals surface area contributed by atoms with Crippen LogP contribution >= 0.6 is 15.9 Å². The summed E-state index contributed by atoms with van der Waals surface area (Å²) in [5.74, 6) is 0. The predicted octanol–water partition coefficient (Wildman–Crippen LogP) is 3.41. The van der Waals surface area contributed by atoms with Gasteiger partial charge in [0, 0.05) is 10.7 Å². The Morgan fingerprint density at radius 1 is 1.25 bits per heavy atom. The van der Waals surface area contributed by atoms with Gasteiger partial charge in [0.1, 0.15) is 0 Å². The average molecular weight is 356 g/mol. The molecule has 0 spiro atoms. The molecule has 0 aliphatic rings. The molecule has 20 heavy (non-hydrogen) atoms. The van der Waals surface area contributed by atoms with Gasteiger partial charge < -0.3 is 4.74 Å². The van der Waals surface area contributed by atoms with Gasteiger partial charge in [-0.2, -0.15) is 0 Å². The van der Waals surface area contributed by atoms with Crippen LogP contribution in [-0.2, 0) is 14.8 Å². The number of hydrogen-bond acceptors (Lipinski definition) is 3. The van der Waals surface area contributed by atoms with E-state index in [4.69, 9.17) is 4.74 Å². The van der Waals surface area contributed by atoms with Crippen molar-refractivity contribution < 1.29 is 13.2 Å². The summed E-state index contributed by atoms with van der Waals surface area (Å²) in [4.78, 5) is 0.248. The van der Waals surface area contributed by atoms with E-state index in [-0.39, 0.29) is 4.90 Å². The maximum Gasteiger partial charge on any atom is 0.268 e. The van der Waals surface area contributed by atoms with Gasteiger partial charge in [-0.3, -0.25) is 0 Å². The highest BCUT2D eigenvalue weighted by Crippen LogP contribution is 2.23. The largest absolute Gasteiger partial charge is 0.504 e. The minimum absolute atomic E-state index is 0.248. The van der Waals surface area contributed by atoms with E-state index in [1.54, 1.807) is 36.4 Å². The van der Waals surface area contributed by atoms with Gasteiger partial charge in [0.05, 0.1) is 24.0 Å². The Kier molecular flexibility index (Phi) is 4.35. The molecular formula is C14H14BrNO3S. The number of methoxy groups -OCH3 is 1. The summed E-state index contributed by atoms with van der Waals surface area (Å²) < 4.78 is 32.0. The third-order valence-electron chi connectivity index (χ3n) is 2.73. The molecule has 0 saturated heterocycles. The molecule has 1 aromatic carbocycles. The number of aromatic nitrogens is 1. The first kappa shape index (κ1) is 14.9. The molecule has 4 nitrogen and oxygen atoms in total. The molecule has 1 heterocycles. The second-order valence-corrected chi connectivity index (χ2v) is 6.97. The van der Waals surface area contributed by atoms with Crippen molar-refractivity contribution in [1.29, 1.82) is 0 Å². The lowest BCUT2D eigenvalue weighted by molar-refractivity contribution is 0.341. The van der Waals surface area contributed by atoms with E-state index >= 15 is 0 Å². The highest BCUT2D eigenvalue weighted by atomic mass is 79.9. The highest BCUT2D eigenvalue weighted by Gasteiger charge is 2.19. The molecule has 106 valence electrons. The standard InChI is InChI=1S/C14H14BrNO3S/c1-11-3-5-14(6-4-11)20(17,18)16-10-12(15)9-13(16)7-8-19-2/h3-10H,1-2H3. The van der Waals surface area contributed by atoms with Crippen LogP contribution in [0.15, 0.2) is 52.2 Å². The lowest BCUT2D eigenvalue weighted by atomic mass is 10.2. The number of rotatable bonds is 4. The summed E-state index contributed by atoms with van der Waals surface area (Å²) in [6.07, 6.45) is 4.55. The molecular weight excluding hydrogens is 342 g/mol. The quantitative estimate of drug-likeness (QED) is 0.789. The van der Waals surface area contributed by atoms with Crippen LogP contribution in [0.4, 0.5) is 0 Å². The topological polar surface area (TPSA) is 48.3 Å². The van der Waals surface area contributed by atoms with Crippen molar-refractivity contribution in [3.05, 3.63) is 58.5 Å². The molecule has 2 rings (SSSR count). The van der Waals surface area contributed by atoms with Gasteiger partial charge in [-0.25, -0.2) is 12.4 Å². The minimum atomic E-state index is -3.62. The maximum absolute atomic E-state index is 12.6. The highest BCUT2D eigenvalue weighted by molar-refractivity contribution is 9.10. The predicted molar refractivity (Wildman–Crippen MR) is 81.9 cm³/mol. The van der Waals surface area contributed by atoms with Crippen LogP contribution in [0.2, 0.25) is 0 Å². The molecule has 0 aliphatic carbocycles. The summed E-state index contributed by atoms with van der Waals surface area (Å²) in [6, 6.07) is 8.46. The fraction of sp³-hybridized carbons (Fsp3) is 0.143. The molecule has 2 aromatic rings. The van der Waals surface area contributed by atoms with Gasteiger partial charge in [0.25, 0.3) is 10.0 Å². The van der Waals surface area contributed by atoms with Crippen molar-refractivity contribution in [1.82, 2.24) is 3.97 Å². The van der Waals surface area contributed by atoms with Crippen molar-refractivity contribution in [3.8, 4) is 0 Å². The van der Waals surface area contributed by atoms with Crippen LogP contribution in [-0.4, -0.2) is 19.5 Å². The fourth-order valence-corrected chi connectivity index (χ4v) is 3.65. The van der Waals surface area contributed by atoms with Gasteiger partial charge in [-0.15, -0.1) is 0 Å². The number of halogens is 1. The van der Waals surface area contributed by atoms with E-state index in [1.165, 1.54) is 23.5 Å². The van der Waals surface area contributed by atoms with E-state index in [1.807, 2.05) is 6.92 Å². The van der Waals surface area contributed by atoms with Crippen LogP contribution in [0, 0.1) is 6.92 Å². The zero-order valence-electron chi connectivity index (χ0n) is 11.1. The fourth-order valence-electron chi connectivity index (χ4n) is 1.72. The molecule has 0 amide bonds. The Balaban J connectivity index is 2.54. The summed E-state index contributed by atoms with van der Waals surface area (Å²) in [5, 5.41) is 0. The Morgan fingerprint density at radius 3 is 2.50 bits per heavy atom. The number of hydrogen-bond donors (Lipinski definition) is 0. The van der Waals surface area contributed by atoms with E-state index in [0.29, 0.717) is 10.2 Å². The molecule has 0 N–H and O–H groups in total. The Labute approximate surface area is 126 Å². The first-order chi connectivity index (χ1) is 9.45. The number of nitrogens with zero attached hydrogens (tertiary/aromatic N) is 1. The van der Waals surface area contributed by atoms with E-state index in [0.717, 1.165) is 5.56 Å². The Hall–Kier alpha value is -1.53. The van der Waals surface area contributed by atoms with Crippen molar-refractivity contribution >= 4 is 32.0 Å². The molecule has 0 fully saturated rings. The van der Waals surface area contributed by atoms with Crippen molar-refractivity contribution in [2.24, 2.45) is 0 Å². The second-order valence-electron chi connectivity index (χ2n) is 4.24. The van der Waals surface area contributed by atoms with Crippen LogP contribution in [0.1, 0.15) is 11.3 Å². The van der Waals surface area contributed by atoms with Crippen LogP contribution in [0.25, 0.3) is 6.08 Å². The second kappa shape index (κ2) is 5.85. The van der Waals surface area contributed by atoms with Gasteiger partial charge in [-0.1, -0.05) is 17.7 Å². The summed E-state index contributed by atoms with van der Waals surface area (Å²) in [5.41, 5.74) is 1.52. The molecule has 1 aromatic heterocycles. The van der Waals surface area contributed by atoms with Crippen LogP contribution in [0.3, 0.4) is 0 Å². The molecule has 0 radical (unpaired) electrons. The lowest BCUT2D eigenvalue weighted by Gasteiger charge is -2.08. The van der Waals surface area contributed by atoms with Crippen LogP contribution < -0.4 is 0 Å². The minimum Gasteiger partial charge on any atom is -0.504 e. The lowest BCUT2D eigenvalue weighted by Crippen LogP contribution is -2.13. The summed E-state index contributed by atoms with van der Waals surface area (Å²) in [6.45, 7) is 1.91. The third kappa shape index (κ3) is 2.96. The Bertz CT molecular complexity index is 730. The van der Waals surface area contributed by atoms with Gasteiger partial charge in [0.15, 0.2) is 0 Å².